The van der Waals surface area contributed by atoms with Gasteiger partial charge in [-0.3, -0.25) is 4.79 Å². The molecule has 1 saturated heterocycles. The van der Waals surface area contributed by atoms with Gasteiger partial charge in [-0.2, -0.15) is 0 Å². The van der Waals surface area contributed by atoms with E-state index >= 15 is 0 Å². The van der Waals surface area contributed by atoms with E-state index in [0.29, 0.717) is 11.8 Å². The molecule has 0 radical (unpaired) electrons. The lowest BCUT2D eigenvalue weighted by Gasteiger charge is -2.30. The Kier molecular flexibility index (Phi) is 3.79. The van der Waals surface area contributed by atoms with Crippen LogP contribution in [0.1, 0.15) is 30.4 Å². The van der Waals surface area contributed by atoms with Crippen LogP contribution in [0.3, 0.4) is 0 Å². The third-order valence-electron chi connectivity index (χ3n) is 4.53. The van der Waals surface area contributed by atoms with Crippen LogP contribution in [0.15, 0.2) is 24.3 Å². The van der Waals surface area contributed by atoms with E-state index in [1.807, 2.05) is 4.90 Å². The smallest absolute Gasteiger partial charge is 0.226 e. The van der Waals surface area contributed by atoms with Gasteiger partial charge < -0.3 is 4.90 Å². The van der Waals surface area contributed by atoms with Gasteiger partial charge in [0, 0.05) is 24.4 Å². The normalized spacial score (nSPS) is 26.3. The van der Waals surface area contributed by atoms with E-state index in [1.54, 1.807) is 0 Å². The van der Waals surface area contributed by atoms with Crippen LogP contribution in [0.25, 0.3) is 0 Å². The fraction of sp³-hybridized carbons (Fsp3) is 0.562. The molecule has 3 heteroatoms. The molecule has 0 spiro atoms. The zero-order chi connectivity index (χ0) is 13.2. The topological polar surface area (TPSA) is 20.3 Å². The van der Waals surface area contributed by atoms with Crippen molar-refractivity contribution in [2.24, 2.45) is 5.92 Å². The first-order valence-electron chi connectivity index (χ1n) is 7.23. The summed E-state index contributed by atoms with van der Waals surface area (Å²) in [5, 5.41) is 0. The largest absolute Gasteiger partial charge is 0.338 e. The molecule has 2 nitrogen and oxygen atoms in total. The van der Waals surface area contributed by atoms with Crippen molar-refractivity contribution in [1.29, 1.82) is 0 Å². The second-order valence-corrected chi connectivity index (χ2v) is 6.00. The monoisotopic (exact) mass is 277 g/mol. The molecule has 1 aliphatic heterocycles. The number of carbonyl (C=O) groups excluding carboxylic acids is 1. The molecule has 1 fully saturated rings. The first-order valence-corrected chi connectivity index (χ1v) is 7.76. The van der Waals surface area contributed by atoms with Crippen molar-refractivity contribution in [3.05, 3.63) is 35.4 Å². The zero-order valence-corrected chi connectivity index (χ0v) is 11.9. The number of nitrogens with zero attached hydrogens (tertiary/aromatic N) is 1. The summed E-state index contributed by atoms with van der Waals surface area (Å²) < 4.78 is 0. The number of benzene rings is 1. The van der Waals surface area contributed by atoms with Gasteiger partial charge in [0.1, 0.15) is 0 Å². The number of fused-ring (bicyclic) bond motifs is 1. The van der Waals surface area contributed by atoms with Crippen LogP contribution in [0.4, 0.5) is 0 Å². The Balaban J connectivity index is 1.72. The van der Waals surface area contributed by atoms with E-state index in [9.17, 15) is 4.79 Å². The van der Waals surface area contributed by atoms with Gasteiger partial charge in [0.05, 0.1) is 0 Å². The highest BCUT2D eigenvalue weighted by molar-refractivity contribution is 6.18. The highest BCUT2D eigenvalue weighted by atomic mass is 35.5. The predicted octanol–water partition coefficient (Wildman–Crippen LogP) is 3.02. The first kappa shape index (κ1) is 13.0. The lowest BCUT2D eigenvalue weighted by molar-refractivity contribution is -0.136. The SMILES string of the molecule is O=C(C1CCc2ccccc2C1)N1CCCC1CCl. The first-order chi connectivity index (χ1) is 9.29. The van der Waals surface area contributed by atoms with E-state index < -0.39 is 0 Å². The number of rotatable bonds is 2. The molecular weight excluding hydrogens is 258 g/mol. The summed E-state index contributed by atoms with van der Waals surface area (Å²) in [6.45, 7) is 0.897. The van der Waals surface area contributed by atoms with E-state index in [-0.39, 0.29) is 12.0 Å². The van der Waals surface area contributed by atoms with Gasteiger partial charge in [-0.25, -0.2) is 0 Å². The molecule has 1 aromatic carbocycles. The average Bonchev–Trinajstić information content (AvgIpc) is 2.94. The zero-order valence-electron chi connectivity index (χ0n) is 11.1. The van der Waals surface area contributed by atoms with Crippen molar-refractivity contribution in [2.45, 2.75) is 38.1 Å². The van der Waals surface area contributed by atoms with Crippen LogP contribution < -0.4 is 0 Å². The standard InChI is InChI=1S/C16H20ClNO/c17-11-15-6-3-9-18(15)16(19)14-8-7-12-4-1-2-5-13(12)10-14/h1-2,4-5,14-15H,3,6-11H2. The van der Waals surface area contributed by atoms with Crippen LogP contribution in [0, 0.1) is 5.92 Å². The molecule has 3 rings (SSSR count). The minimum absolute atomic E-state index is 0.165. The van der Waals surface area contributed by atoms with Crippen LogP contribution in [-0.2, 0) is 17.6 Å². The van der Waals surface area contributed by atoms with Crippen molar-refractivity contribution >= 4 is 17.5 Å². The Morgan fingerprint density at radius 1 is 1.26 bits per heavy atom. The van der Waals surface area contributed by atoms with Gasteiger partial charge in [-0.1, -0.05) is 24.3 Å². The molecule has 2 unspecified atom stereocenters. The third kappa shape index (κ3) is 2.51. The summed E-state index contributed by atoms with van der Waals surface area (Å²) in [6.07, 6.45) is 5.10. The van der Waals surface area contributed by atoms with Crippen molar-refractivity contribution in [3.8, 4) is 0 Å². The number of hydrogen-bond donors (Lipinski definition) is 0. The van der Waals surface area contributed by atoms with Gasteiger partial charge in [-0.05, 0) is 43.2 Å². The molecule has 0 aromatic heterocycles. The lowest BCUT2D eigenvalue weighted by atomic mass is 9.83. The highest BCUT2D eigenvalue weighted by Gasteiger charge is 2.33. The van der Waals surface area contributed by atoms with E-state index in [1.165, 1.54) is 11.1 Å². The fourth-order valence-electron chi connectivity index (χ4n) is 3.43. The van der Waals surface area contributed by atoms with E-state index in [2.05, 4.69) is 24.3 Å². The van der Waals surface area contributed by atoms with E-state index in [4.69, 9.17) is 11.6 Å². The molecule has 0 saturated carbocycles. The van der Waals surface area contributed by atoms with E-state index in [0.717, 1.165) is 38.6 Å². The Labute approximate surface area is 119 Å². The Morgan fingerprint density at radius 2 is 2.05 bits per heavy atom. The molecule has 2 atom stereocenters. The molecular formula is C16H20ClNO. The van der Waals surface area contributed by atoms with Crippen molar-refractivity contribution in [1.82, 2.24) is 4.90 Å². The van der Waals surface area contributed by atoms with Crippen LogP contribution in [-0.4, -0.2) is 29.3 Å². The maximum Gasteiger partial charge on any atom is 0.226 e. The van der Waals surface area contributed by atoms with Crippen LogP contribution in [0.2, 0.25) is 0 Å². The molecule has 19 heavy (non-hydrogen) atoms. The molecule has 1 amide bonds. The van der Waals surface area contributed by atoms with Gasteiger partial charge in [-0.15, -0.1) is 11.6 Å². The van der Waals surface area contributed by atoms with Gasteiger partial charge in [0.2, 0.25) is 5.91 Å². The molecule has 102 valence electrons. The second-order valence-electron chi connectivity index (χ2n) is 5.69. The van der Waals surface area contributed by atoms with Gasteiger partial charge >= 0.3 is 0 Å². The maximum atomic E-state index is 12.6. The van der Waals surface area contributed by atoms with Gasteiger partial charge in [0.25, 0.3) is 0 Å². The Bertz CT molecular complexity index is 474. The molecule has 1 aliphatic carbocycles. The quantitative estimate of drug-likeness (QED) is 0.761. The number of halogens is 1. The molecule has 0 bridgehead atoms. The van der Waals surface area contributed by atoms with Crippen LogP contribution in [0.5, 0.6) is 0 Å². The summed E-state index contributed by atoms with van der Waals surface area (Å²) in [4.78, 5) is 14.7. The average molecular weight is 278 g/mol. The lowest BCUT2D eigenvalue weighted by Crippen LogP contribution is -2.42. The van der Waals surface area contributed by atoms with Crippen molar-refractivity contribution < 1.29 is 4.79 Å². The van der Waals surface area contributed by atoms with Crippen molar-refractivity contribution in [2.75, 3.05) is 12.4 Å². The molecule has 1 heterocycles. The number of likely N-dealkylation sites (tertiary alicyclic amines) is 1. The van der Waals surface area contributed by atoms with Gasteiger partial charge in [0.15, 0.2) is 0 Å². The molecule has 2 aliphatic rings. The van der Waals surface area contributed by atoms with Crippen molar-refractivity contribution in [3.63, 3.8) is 0 Å². The predicted molar refractivity (Wildman–Crippen MR) is 77.4 cm³/mol. The summed E-state index contributed by atoms with van der Waals surface area (Å²) in [7, 11) is 0. The summed E-state index contributed by atoms with van der Waals surface area (Å²) in [6, 6.07) is 8.78. The maximum absolute atomic E-state index is 12.6. The minimum Gasteiger partial charge on any atom is -0.338 e. The second kappa shape index (κ2) is 5.54. The Morgan fingerprint density at radius 3 is 2.84 bits per heavy atom. The van der Waals surface area contributed by atoms with Crippen LogP contribution >= 0.6 is 11.6 Å². The number of carbonyl (C=O) groups is 1. The Hall–Kier alpha value is -1.02. The molecule has 1 aromatic rings. The number of alkyl halides is 1. The molecule has 0 N–H and O–H groups in total. The number of aryl methyl sites for hydroxylation is 1. The fourth-order valence-corrected chi connectivity index (χ4v) is 3.75. The third-order valence-corrected chi connectivity index (χ3v) is 4.89. The summed E-state index contributed by atoms with van der Waals surface area (Å²) in [5.74, 6) is 1.08. The summed E-state index contributed by atoms with van der Waals surface area (Å²) >= 11 is 5.97. The highest BCUT2D eigenvalue weighted by Crippen LogP contribution is 2.29. The number of amides is 1. The summed E-state index contributed by atoms with van der Waals surface area (Å²) in [5.41, 5.74) is 2.77. The number of hydrogen-bond acceptors (Lipinski definition) is 1. The minimum atomic E-state index is 0.165.